The van der Waals surface area contributed by atoms with Gasteiger partial charge in [0.2, 0.25) is 5.95 Å². The fourth-order valence-electron chi connectivity index (χ4n) is 6.15. The number of nitrogens with zero attached hydrogens (tertiary/aromatic N) is 4. The van der Waals surface area contributed by atoms with Crippen LogP contribution in [0.1, 0.15) is 64.5 Å². The highest BCUT2D eigenvalue weighted by molar-refractivity contribution is 7.99. The Morgan fingerprint density at radius 2 is 1.93 bits per heavy atom. The Morgan fingerprint density at radius 1 is 1.14 bits per heavy atom. The molecule has 13 heteroatoms. The van der Waals surface area contributed by atoms with Crippen molar-refractivity contribution in [2.75, 3.05) is 43.9 Å². The van der Waals surface area contributed by atoms with E-state index in [1.807, 2.05) is 13.8 Å². The average Bonchev–Trinajstić information content (AvgIpc) is 3.70. The fourth-order valence-corrected chi connectivity index (χ4v) is 8.47. The van der Waals surface area contributed by atoms with E-state index in [-0.39, 0.29) is 23.6 Å². The molecule has 0 atom stereocenters. The number of carbonyl (C=O) groups excluding carboxylic acids is 1. The molecule has 5 heterocycles. The SMILES string of the molecule is CC(C)(O)CN1CCc2cc(Nc3ncc(C(F)(F)F)c(-c4cc5c(s4)C(=O)N(C4COC4)CCS5)n3)c(C3CC3)cc2C1. The highest BCUT2D eigenvalue weighted by atomic mass is 32.2. The van der Waals surface area contributed by atoms with Gasteiger partial charge in [-0.1, -0.05) is 6.07 Å². The summed E-state index contributed by atoms with van der Waals surface area (Å²) in [7, 11) is 0. The van der Waals surface area contributed by atoms with Crippen LogP contribution in [-0.2, 0) is 23.9 Å². The third-order valence-corrected chi connectivity index (χ3v) is 10.7. The molecule has 0 bridgehead atoms. The van der Waals surface area contributed by atoms with Crippen molar-refractivity contribution >= 4 is 40.6 Å². The van der Waals surface area contributed by atoms with Crippen LogP contribution in [0.4, 0.5) is 24.8 Å². The number of rotatable bonds is 7. The minimum atomic E-state index is -4.66. The molecule has 2 aromatic heterocycles. The Hall–Kier alpha value is -2.71. The summed E-state index contributed by atoms with van der Waals surface area (Å²) >= 11 is 2.54. The lowest BCUT2D eigenvalue weighted by Gasteiger charge is -2.36. The Bertz CT molecular complexity index is 1600. The molecular formula is C31H34F3N5O3S2. The number of carbonyl (C=O) groups is 1. The Morgan fingerprint density at radius 3 is 2.61 bits per heavy atom. The van der Waals surface area contributed by atoms with Gasteiger partial charge in [0.15, 0.2) is 0 Å². The van der Waals surface area contributed by atoms with Gasteiger partial charge in [0, 0.05) is 48.7 Å². The molecule has 2 N–H and O–H groups in total. The van der Waals surface area contributed by atoms with Crippen molar-refractivity contribution < 1.29 is 27.8 Å². The maximum atomic E-state index is 14.2. The number of hydrogen-bond acceptors (Lipinski definition) is 9. The maximum Gasteiger partial charge on any atom is 0.420 e. The molecule has 1 amide bonds. The first-order chi connectivity index (χ1) is 20.9. The van der Waals surface area contributed by atoms with Crippen LogP contribution >= 0.6 is 23.1 Å². The molecule has 1 aromatic carbocycles. The number of thioether (sulfide) groups is 1. The number of nitrogens with one attached hydrogen (secondary N) is 1. The highest BCUT2D eigenvalue weighted by Crippen LogP contribution is 2.47. The molecule has 3 aromatic rings. The summed E-state index contributed by atoms with van der Waals surface area (Å²) in [6.45, 7) is 7.29. The van der Waals surface area contributed by atoms with Crippen LogP contribution in [0.25, 0.3) is 10.6 Å². The van der Waals surface area contributed by atoms with Crippen LogP contribution in [-0.4, -0.2) is 81.0 Å². The lowest BCUT2D eigenvalue weighted by Crippen LogP contribution is -2.52. The zero-order valence-electron chi connectivity index (χ0n) is 24.5. The number of amides is 1. The fraction of sp³-hybridized carbons (Fsp3) is 0.516. The number of halogens is 3. The predicted octanol–water partition coefficient (Wildman–Crippen LogP) is 5.92. The molecule has 1 saturated carbocycles. The third-order valence-electron chi connectivity index (χ3n) is 8.47. The van der Waals surface area contributed by atoms with Crippen molar-refractivity contribution in [1.29, 1.82) is 0 Å². The largest absolute Gasteiger partial charge is 0.420 e. The summed E-state index contributed by atoms with van der Waals surface area (Å²) in [4.78, 5) is 27.4. The van der Waals surface area contributed by atoms with Crippen molar-refractivity contribution in [1.82, 2.24) is 19.8 Å². The smallest absolute Gasteiger partial charge is 0.389 e. The second-order valence-electron chi connectivity index (χ2n) is 12.7. The summed E-state index contributed by atoms with van der Waals surface area (Å²) in [5, 5.41) is 13.6. The van der Waals surface area contributed by atoms with E-state index in [0.29, 0.717) is 52.6 Å². The van der Waals surface area contributed by atoms with E-state index in [1.165, 1.54) is 22.9 Å². The molecule has 44 heavy (non-hydrogen) atoms. The zero-order valence-corrected chi connectivity index (χ0v) is 26.2. The van der Waals surface area contributed by atoms with E-state index in [2.05, 4.69) is 32.3 Å². The van der Waals surface area contributed by atoms with Crippen molar-refractivity contribution in [3.05, 3.63) is 51.5 Å². The van der Waals surface area contributed by atoms with Gasteiger partial charge in [-0.3, -0.25) is 9.69 Å². The minimum absolute atomic E-state index is 0.00191. The van der Waals surface area contributed by atoms with Gasteiger partial charge in [-0.2, -0.15) is 13.2 Å². The summed E-state index contributed by atoms with van der Waals surface area (Å²) in [5.74, 6) is 0.956. The third kappa shape index (κ3) is 6.09. The van der Waals surface area contributed by atoms with Crippen LogP contribution < -0.4 is 5.32 Å². The van der Waals surface area contributed by atoms with Gasteiger partial charge in [-0.05, 0) is 67.9 Å². The topological polar surface area (TPSA) is 90.8 Å². The van der Waals surface area contributed by atoms with Crippen LogP contribution in [0, 0.1) is 0 Å². The Kier molecular flexibility index (Phi) is 7.68. The summed E-state index contributed by atoms with van der Waals surface area (Å²) in [6, 6.07) is 5.96. The standard InChI is InChI=1S/C31H34F3N5O3S2/c1-30(2,41)16-38-6-5-18-10-23(21(17-3-4-17)9-19(18)13-38)36-29-35-12-22(31(32,33)34)26(37-29)24-11-25-27(44-24)28(40)39(7-8-43-25)20-14-42-15-20/h9-12,17,20,41H,3-8,13-16H2,1-2H3,(H,35,36,37). The number of β-amino-alcohol motifs (C(OH)–C–C–N with tert-alkyl or cyclic N) is 1. The zero-order chi connectivity index (χ0) is 30.8. The van der Waals surface area contributed by atoms with Crippen LogP contribution in [0.2, 0.25) is 0 Å². The number of fused-ring (bicyclic) bond motifs is 2. The second kappa shape index (κ2) is 11.3. The number of ether oxygens (including phenoxy) is 1. The summed E-state index contributed by atoms with van der Waals surface area (Å²) in [5.41, 5.74) is 2.38. The molecule has 4 aliphatic rings. The molecule has 1 aliphatic carbocycles. The van der Waals surface area contributed by atoms with Crippen molar-refractivity contribution in [3.63, 3.8) is 0 Å². The van der Waals surface area contributed by atoms with E-state index >= 15 is 0 Å². The van der Waals surface area contributed by atoms with Crippen molar-refractivity contribution in [2.45, 2.75) is 68.3 Å². The molecule has 3 aliphatic heterocycles. The Labute approximate surface area is 262 Å². The normalized spacial score (nSPS) is 19.8. The number of benzene rings is 1. The second-order valence-corrected chi connectivity index (χ2v) is 14.9. The van der Waals surface area contributed by atoms with E-state index < -0.39 is 17.3 Å². The molecule has 1 saturated heterocycles. The molecule has 234 valence electrons. The number of alkyl halides is 3. The maximum absolute atomic E-state index is 14.2. The van der Waals surface area contributed by atoms with E-state index in [9.17, 15) is 23.1 Å². The van der Waals surface area contributed by atoms with Gasteiger partial charge in [-0.25, -0.2) is 9.97 Å². The van der Waals surface area contributed by atoms with Gasteiger partial charge in [-0.15, -0.1) is 23.1 Å². The predicted molar refractivity (Wildman–Crippen MR) is 164 cm³/mol. The summed E-state index contributed by atoms with van der Waals surface area (Å²) in [6.07, 6.45) is -0.915. The first kappa shape index (κ1) is 30.0. The Balaban J connectivity index is 1.21. The van der Waals surface area contributed by atoms with Gasteiger partial charge in [0.25, 0.3) is 5.91 Å². The number of aromatic nitrogens is 2. The van der Waals surface area contributed by atoms with Crippen molar-refractivity contribution in [3.8, 4) is 10.6 Å². The van der Waals surface area contributed by atoms with Crippen LogP contribution in [0.5, 0.6) is 0 Å². The quantitative estimate of drug-likeness (QED) is 0.328. The highest BCUT2D eigenvalue weighted by Gasteiger charge is 2.38. The first-order valence-electron chi connectivity index (χ1n) is 14.9. The molecule has 8 nitrogen and oxygen atoms in total. The molecule has 0 spiro atoms. The van der Waals surface area contributed by atoms with E-state index in [0.717, 1.165) is 61.1 Å². The van der Waals surface area contributed by atoms with Crippen LogP contribution in [0.15, 0.2) is 29.3 Å². The monoisotopic (exact) mass is 645 g/mol. The first-order valence-corrected chi connectivity index (χ1v) is 16.7. The summed E-state index contributed by atoms with van der Waals surface area (Å²) < 4.78 is 48.0. The number of anilines is 2. The lowest BCUT2D eigenvalue weighted by molar-refractivity contribution is -0.137. The van der Waals surface area contributed by atoms with Gasteiger partial charge in [0.05, 0.1) is 35.4 Å². The lowest BCUT2D eigenvalue weighted by atomic mass is 9.93. The van der Waals surface area contributed by atoms with Crippen LogP contribution in [0.3, 0.4) is 0 Å². The molecule has 0 unspecified atom stereocenters. The molecule has 0 radical (unpaired) electrons. The van der Waals surface area contributed by atoms with Crippen molar-refractivity contribution in [2.24, 2.45) is 0 Å². The number of aliphatic hydroxyl groups is 1. The minimum Gasteiger partial charge on any atom is -0.389 e. The van der Waals surface area contributed by atoms with E-state index in [4.69, 9.17) is 4.74 Å². The molecule has 7 rings (SSSR count). The molecular weight excluding hydrogens is 612 g/mol. The average molecular weight is 646 g/mol. The van der Waals surface area contributed by atoms with Gasteiger partial charge >= 0.3 is 6.18 Å². The van der Waals surface area contributed by atoms with Gasteiger partial charge in [0.1, 0.15) is 10.4 Å². The van der Waals surface area contributed by atoms with Gasteiger partial charge < -0.3 is 20.1 Å². The molecule has 2 fully saturated rings. The van der Waals surface area contributed by atoms with E-state index in [1.54, 1.807) is 11.0 Å². The number of hydrogen-bond donors (Lipinski definition) is 2. The number of thiophene rings is 1.